The maximum absolute atomic E-state index is 12.4. The predicted octanol–water partition coefficient (Wildman–Crippen LogP) is 3.29. The van der Waals surface area contributed by atoms with Crippen LogP contribution in [0.1, 0.15) is 19.3 Å². The second kappa shape index (κ2) is 5.90. The summed E-state index contributed by atoms with van der Waals surface area (Å²) >= 11 is 0. The highest BCUT2D eigenvalue weighted by atomic mass is 16.2. The van der Waals surface area contributed by atoms with Gasteiger partial charge in [0.15, 0.2) is 6.19 Å². The number of hydrogen-bond donors (Lipinski definition) is 2. The number of benzene rings is 2. The number of anilines is 1. The SMILES string of the molecule is N#CNC1(C(=O)Nc2cccc(-c3ccccc3)c2)CCC1. The van der Waals surface area contributed by atoms with E-state index in [0.29, 0.717) is 12.8 Å². The van der Waals surface area contributed by atoms with Gasteiger partial charge in [0, 0.05) is 5.69 Å². The van der Waals surface area contributed by atoms with Crippen LogP contribution in [0.2, 0.25) is 0 Å². The summed E-state index contributed by atoms with van der Waals surface area (Å²) in [5.41, 5.74) is 2.18. The predicted molar refractivity (Wildman–Crippen MR) is 85.8 cm³/mol. The number of carbonyl (C=O) groups is 1. The summed E-state index contributed by atoms with van der Waals surface area (Å²) < 4.78 is 0. The molecule has 4 heteroatoms. The molecule has 110 valence electrons. The summed E-state index contributed by atoms with van der Waals surface area (Å²) in [6.45, 7) is 0. The van der Waals surface area contributed by atoms with Gasteiger partial charge < -0.3 is 10.6 Å². The monoisotopic (exact) mass is 291 g/mol. The molecular formula is C18H17N3O. The van der Waals surface area contributed by atoms with Crippen LogP contribution in [-0.2, 0) is 4.79 Å². The highest BCUT2D eigenvalue weighted by Crippen LogP contribution is 2.33. The highest BCUT2D eigenvalue weighted by Gasteiger charge is 2.44. The average molecular weight is 291 g/mol. The lowest BCUT2D eigenvalue weighted by molar-refractivity contribution is -0.125. The largest absolute Gasteiger partial charge is 0.324 e. The van der Waals surface area contributed by atoms with Crippen LogP contribution in [-0.4, -0.2) is 11.4 Å². The maximum atomic E-state index is 12.4. The third kappa shape index (κ3) is 2.66. The fraction of sp³-hybridized carbons (Fsp3) is 0.222. The van der Waals surface area contributed by atoms with E-state index in [2.05, 4.69) is 10.6 Å². The Labute approximate surface area is 129 Å². The number of hydrogen-bond acceptors (Lipinski definition) is 3. The van der Waals surface area contributed by atoms with Crippen molar-refractivity contribution in [1.29, 1.82) is 5.26 Å². The molecule has 1 aliphatic carbocycles. The number of carbonyl (C=O) groups excluding carboxylic acids is 1. The molecule has 2 aromatic carbocycles. The quantitative estimate of drug-likeness (QED) is 0.671. The molecule has 0 spiro atoms. The van der Waals surface area contributed by atoms with Crippen LogP contribution in [0.5, 0.6) is 0 Å². The molecule has 4 nitrogen and oxygen atoms in total. The minimum Gasteiger partial charge on any atom is -0.324 e. The molecule has 1 fully saturated rings. The first kappa shape index (κ1) is 14.2. The number of amides is 1. The standard InChI is InChI=1S/C18H17N3O/c19-13-20-18(10-5-11-18)17(22)21-16-9-4-8-15(12-16)14-6-2-1-3-7-14/h1-4,6-9,12,20H,5,10-11H2,(H,21,22). The molecule has 2 N–H and O–H groups in total. The van der Waals surface area contributed by atoms with Gasteiger partial charge >= 0.3 is 0 Å². The van der Waals surface area contributed by atoms with E-state index < -0.39 is 5.54 Å². The summed E-state index contributed by atoms with van der Waals surface area (Å²) in [5.74, 6) is -0.134. The van der Waals surface area contributed by atoms with Crippen molar-refractivity contribution in [2.24, 2.45) is 0 Å². The smallest absolute Gasteiger partial charge is 0.250 e. The second-order valence-electron chi connectivity index (χ2n) is 5.57. The van der Waals surface area contributed by atoms with Gasteiger partial charge in [-0.1, -0.05) is 42.5 Å². The van der Waals surface area contributed by atoms with Gasteiger partial charge in [0.05, 0.1) is 0 Å². The van der Waals surface area contributed by atoms with Gasteiger partial charge in [0.2, 0.25) is 0 Å². The lowest BCUT2D eigenvalue weighted by atomic mass is 9.76. The first-order valence-electron chi connectivity index (χ1n) is 7.37. The number of nitriles is 1. The summed E-state index contributed by atoms with van der Waals surface area (Å²) in [6, 6.07) is 17.8. The van der Waals surface area contributed by atoms with Crippen molar-refractivity contribution in [3.8, 4) is 17.3 Å². The minimum absolute atomic E-state index is 0.134. The molecule has 0 atom stereocenters. The molecule has 0 heterocycles. The van der Waals surface area contributed by atoms with Gasteiger partial charge in [-0.15, -0.1) is 0 Å². The Morgan fingerprint density at radius 3 is 2.41 bits per heavy atom. The maximum Gasteiger partial charge on any atom is 0.250 e. The number of rotatable bonds is 4. The molecule has 1 saturated carbocycles. The van der Waals surface area contributed by atoms with Crippen molar-refractivity contribution in [3.63, 3.8) is 0 Å². The van der Waals surface area contributed by atoms with Crippen LogP contribution < -0.4 is 10.6 Å². The fourth-order valence-corrected chi connectivity index (χ4v) is 2.70. The topological polar surface area (TPSA) is 64.9 Å². The summed E-state index contributed by atoms with van der Waals surface area (Å²) in [7, 11) is 0. The van der Waals surface area contributed by atoms with Crippen molar-refractivity contribution >= 4 is 11.6 Å². The molecule has 3 rings (SSSR count). The average Bonchev–Trinajstić information content (AvgIpc) is 2.52. The van der Waals surface area contributed by atoms with Gasteiger partial charge in [0.25, 0.3) is 5.91 Å². The Morgan fingerprint density at radius 2 is 1.77 bits per heavy atom. The molecule has 1 aliphatic rings. The van der Waals surface area contributed by atoms with Crippen molar-refractivity contribution in [1.82, 2.24) is 5.32 Å². The Morgan fingerprint density at radius 1 is 1.05 bits per heavy atom. The molecule has 0 aliphatic heterocycles. The van der Waals surface area contributed by atoms with E-state index in [9.17, 15) is 4.79 Å². The van der Waals surface area contributed by atoms with E-state index in [4.69, 9.17) is 5.26 Å². The van der Waals surface area contributed by atoms with Crippen LogP contribution in [0.4, 0.5) is 5.69 Å². The molecule has 22 heavy (non-hydrogen) atoms. The van der Waals surface area contributed by atoms with Gasteiger partial charge in [0.1, 0.15) is 5.54 Å². The van der Waals surface area contributed by atoms with E-state index in [1.54, 1.807) is 0 Å². The van der Waals surface area contributed by atoms with Crippen molar-refractivity contribution in [2.45, 2.75) is 24.8 Å². The van der Waals surface area contributed by atoms with Crippen LogP contribution in [0.15, 0.2) is 54.6 Å². The van der Waals surface area contributed by atoms with E-state index in [1.807, 2.05) is 60.8 Å². The lowest BCUT2D eigenvalue weighted by Gasteiger charge is -2.38. The van der Waals surface area contributed by atoms with E-state index in [-0.39, 0.29) is 5.91 Å². The zero-order valence-corrected chi connectivity index (χ0v) is 12.2. The summed E-state index contributed by atoms with van der Waals surface area (Å²) in [5, 5.41) is 14.4. The molecular weight excluding hydrogens is 274 g/mol. The van der Waals surface area contributed by atoms with Gasteiger partial charge in [-0.05, 0) is 42.5 Å². The van der Waals surface area contributed by atoms with Crippen LogP contribution in [0.25, 0.3) is 11.1 Å². The summed E-state index contributed by atoms with van der Waals surface area (Å²) in [4.78, 5) is 12.4. The van der Waals surface area contributed by atoms with E-state index >= 15 is 0 Å². The van der Waals surface area contributed by atoms with Gasteiger partial charge in [-0.25, -0.2) is 0 Å². The third-order valence-corrected chi connectivity index (χ3v) is 4.16. The van der Waals surface area contributed by atoms with E-state index in [1.165, 1.54) is 0 Å². The Bertz CT molecular complexity index is 715. The van der Waals surface area contributed by atoms with Crippen LogP contribution in [0, 0.1) is 11.5 Å². The molecule has 1 amide bonds. The summed E-state index contributed by atoms with van der Waals surface area (Å²) in [6.07, 6.45) is 4.27. The van der Waals surface area contributed by atoms with Crippen molar-refractivity contribution < 1.29 is 4.79 Å². The van der Waals surface area contributed by atoms with Crippen molar-refractivity contribution in [3.05, 3.63) is 54.6 Å². The fourth-order valence-electron chi connectivity index (χ4n) is 2.70. The number of nitrogens with one attached hydrogen (secondary N) is 2. The molecule has 0 saturated heterocycles. The Kier molecular flexibility index (Phi) is 3.80. The minimum atomic E-state index is -0.725. The molecule has 0 unspecified atom stereocenters. The number of nitrogens with zero attached hydrogens (tertiary/aromatic N) is 1. The molecule has 2 aromatic rings. The van der Waals surface area contributed by atoms with Crippen LogP contribution >= 0.6 is 0 Å². The third-order valence-electron chi connectivity index (χ3n) is 4.16. The molecule has 0 bridgehead atoms. The zero-order chi connectivity index (χ0) is 15.4. The highest BCUT2D eigenvalue weighted by molar-refractivity contribution is 5.99. The first-order chi connectivity index (χ1) is 10.7. The Balaban J connectivity index is 1.79. The second-order valence-corrected chi connectivity index (χ2v) is 5.57. The van der Waals surface area contributed by atoms with Gasteiger partial charge in [-0.2, -0.15) is 5.26 Å². The zero-order valence-electron chi connectivity index (χ0n) is 12.2. The van der Waals surface area contributed by atoms with Gasteiger partial charge in [-0.3, -0.25) is 4.79 Å². The lowest BCUT2D eigenvalue weighted by Crippen LogP contribution is -2.57. The first-order valence-corrected chi connectivity index (χ1v) is 7.37. The molecule has 0 aromatic heterocycles. The van der Waals surface area contributed by atoms with Crippen molar-refractivity contribution in [2.75, 3.05) is 5.32 Å². The molecule has 0 radical (unpaired) electrons. The van der Waals surface area contributed by atoms with E-state index in [0.717, 1.165) is 23.2 Å². The Hall–Kier alpha value is -2.80. The normalized spacial score (nSPS) is 15.2. The van der Waals surface area contributed by atoms with Crippen LogP contribution in [0.3, 0.4) is 0 Å².